The molecule has 1 aromatic heterocycles. The molecule has 0 saturated carbocycles. The number of hydrogen-bond acceptors (Lipinski definition) is 5. The fraction of sp³-hybridized carbons (Fsp3) is 0.471. The molecule has 1 amide bonds. The Morgan fingerprint density at radius 2 is 2.12 bits per heavy atom. The van der Waals surface area contributed by atoms with Crippen LogP contribution in [-0.2, 0) is 16.0 Å². The van der Waals surface area contributed by atoms with Gasteiger partial charge in [-0.1, -0.05) is 12.1 Å². The second kappa shape index (κ2) is 7.53. The molecule has 2 heterocycles. The van der Waals surface area contributed by atoms with Gasteiger partial charge in [0.2, 0.25) is 5.91 Å². The standard InChI is InChI=1S/C17H20N2O3S2/c20-14(19-17(16(21)22)9-10-23-11-17)7-3-4-8-15-18-12-5-1-2-6-13(12)24-15/h1-2,5-6H,3-4,7-11H2,(H,19,20)(H,21,22). The van der Waals surface area contributed by atoms with E-state index < -0.39 is 11.5 Å². The first kappa shape index (κ1) is 17.2. The molecule has 1 atom stereocenters. The van der Waals surface area contributed by atoms with Gasteiger partial charge in [0.1, 0.15) is 5.54 Å². The predicted molar refractivity (Wildman–Crippen MR) is 97.6 cm³/mol. The number of aromatic nitrogens is 1. The minimum absolute atomic E-state index is 0.163. The molecule has 1 saturated heterocycles. The number of fused-ring (bicyclic) bond motifs is 1. The second-order valence-electron chi connectivity index (χ2n) is 6.02. The van der Waals surface area contributed by atoms with Crippen molar-refractivity contribution in [3.05, 3.63) is 29.3 Å². The number of carboxylic acids is 1. The maximum Gasteiger partial charge on any atom is 0.330 e. The number of carbonyl (C=O) groups excluding carboxylic acids is 1. The first-order chi connectivity index (χ1) is 11.6. The van der Waals surface area contributed by atoms with Gasteiger partial charge in [0.15, 0.2) is 0 Å². The fourth-order valence-electron chi connectivity index (χ4n) is 2.80. The number of rotatable bonds is 7. The molecule has 0 radical (unpaired) electrons. The number of thioether (sulfide) groups is 1. The quantitative estimate of drug-likeness (QED) is 0.738. The Bertz CT molecular complexity index is 705. The van der Waals surface area contributed by atoms with Crippen LogP contribution in [-0.4, -0.2) is 39.0 Å². The average Bonchev–Trinajstić information content (AvgIpc) is 3.18. The molecule has 1 fully saturated rings. The molecule has 5 nitrogen and oxygen atoms in total. The molecule has 1 aliphatic heterocycles. The number of benzene rings is 1. The number of para-hydroxylation sites is 1. The van der Waals surface area contributed by atoms with Crippen LogP contribution in [0.4, 0.5) is 0 Å². The lowest BCUT2D eigenvalue weighted by Crippen LogP contribution is -2.54. The molecule has 24 heavy (non-hydrogen) atoms. The summed E-state index contributed by atoms with van der Waals surface area (Å²) >= 11 is 3.27. The first-order valence-electron chi connectivity index (χ1n) is 8.06. The van der Waals surface area contributed by atoms with Crippen molar-refractivity contribution in [2.45, 2.75) is 37.6 Å². The summed E-state index contributed by atoms with van der Waals surface area (Å²) in [6.07, 6.45) is 3.34. The molecule has 1 unspecified atom stereocenters. The Kier molecular flexibility index (Phi) is 5.40. The third kappa shape index (κ3) is 3.89. The van der Waals surface area contributed by atoms with Crippen LogP contribution < -0.4 is 5.32 Å². The number of amides is 1. The summed E-state index contributed by atoms with van der Waals surface area (Å²) in [5.74, 6) is 0.156. The lowest BCUT2D eigenvalue weighted by molar-refractivity contribution is -0.146. The summed E-state index contributed by atoms with van der Waals surface area (Å²) in [5.41, 5.74) is -0.0354. The first-order valence-corrected chi connectivity index (χ1v) is 10.0. The lowest BCUT2D eigenvalue weighted by Gasteiger charge is -2.24. The third-order valence-electron chi connectivity index (χ3n) is 4.19. The number of nitrogens with zero attached hydrogens (tertiary/aromatic N) is 1. The number of unbranched alkanes of at least 4 members (excludes halogenated alkanes) is 1. The number of aliphatic carboxylic acids is 1. The largest absolute Gasteiger partial charge is 0.479 e. The SMILES string of the molecule is O=C(CCCCc1nc2ccccc2s1)NC1(C(=O)O)CCSC1. The molecule has 0 bridgehead atoms. The number of aryl methyl sites for hydroxylation is 1. The van der Waals surface area contributed by atoms with E-state index in [-0.39, 0.29) is 5.91 Å². The Labute approximate surface area is 148 Å². The molecule has 1 aromatic carbocycles. The molecule has 1 aliphatic rings. The number of nitrogens with one attached hydrogen (secondary N) is 1. The van der Waals surface area contributed by atoms with Crippen molar-refractivity contribution in [1.29, 1.82) is 0 Å². The van der Waals surface area contributed by atoms with Crippen LogP contribution >= 0.6 is 23.1 Å². The van der Waals surface area contributed by atoms with Gasteiger partial charge in [-0.3, -0.25) is 4.79 Å². The van der Waals surface area contributed by atoms with Crippen LogP contribution in [0.15, 0.2) is 24.3 Å². The summed E-state index contributed by atoms with van der Waals surface area (Å²) in [4.78, 5) is 28.1. The van der Waals surface area contributed by atoms with E-state index in [1.165, 1.54) is 4.70 Å². The number of hydrogen-bond donors (Lipinski definition) is 2. The number of carboxylic acid groups (broad SMARTS) is 1. The van der Waals surface area contributed by atoms with Crippen LogP contribution in [0.3, 0.4) is 0 Å². The zero-order chi connectivity index (χ0) is 17.0. The highest BCUT2D eigenvalue weighted by Gasteiger charge is 2.43. The molecule has 2 N–H and O–H groups in total. The van der Waals surface area contributed by atoms with E-state index in [0.717, 1.165) is 35.5 Å². The van der Waals surface area contributed by atoms with Crippen molar-refractivity contribution in [2.75, 3.05) is 11.5 Å². The molecule has 0 spiro atoms. The second-order valence-corrected chi connectivity index (χ2v) is 8.24. The molecule has 7 heteroatoms. The van der Waals surface area contributed by atoms with Gasteiger partial charge in [-0.25, -0.2) is 9.78 Å². The summed E-state index contributed by atoms with van der Waals surface area (Å²) in [6, 6.07) is 8.06. The van der Waals surface area contributed by atoms with Gasteiger partial charge in [0.05, 0.1) is 15.2 Å². The highest BCUT2D eigenvalue weighted by atomic mass is 32.2. The van der Waals surface area contributed by atoms with Crippen molar-refractivity contribution < 1.29 is 14.7 Å². The molecule has 128 valence electrons. The van der Waals surface area contributed by atoms with Crippen LogP contribution in [0, 0.1) is 0 Å². The van der Waals surface area contributed by atoms with Gasteiger partial charge in [0.25, 0.3) is 0 Å². The highest BCUT2D eigenvalue weighted by Crippen LogP contribution is 2.28. The molecule has 2 aromatic rings. The predicted octanol–water partition coefficient (Wildman–Crippen LogP) is 3.09. The number of carbonyl (C=O) groups is 2. The average molecular weight is 364 g/mol. The smallest absolute Gasteiger partial charge is 0.330 e. The highest BCUT2D eigenvalue weighted by molar-refractivity contribution is 7.99. The monoisotopic (exact) mass is 364 g/mol. The van der Waals surface area contributed by atoms with E-state index in [1.54, 1.807) is 23.1 Å². The zero-order valence-corrected chi connectivity index (χ0v) is 14.9. The summed E-state index contributed by atoms with van der Waals surface area (Å²) < 4.78 is 1.19. The minimum atomic E-state index is -1.06. The lowest BCUT2D eigenvalue weighted by atomic mass is 9.99. The van der Waals surface area contributed by atoms with E-state index >= 15 is 0 Å². The molecule has 3 rings (SSSR count). The van der Waals surface area contributed by atoms with Crippen LogP contribution in [0.1, 0.15) is 30.7 Å². The topological polar surface area (TPSA) is 79.3 Å². The van der Waals surface area contributed by atoms with Crippen LogP contribution in [0.2, 0.25) is 0 Å². The Morgan fingerprint density at radius 1 is 1.29 bits per heavy atom. The Balaban J connectivity index is 1.44. The van der Waals surface area contributed by atoms with Crippen molar-refractivity contribution in [3.63, 3.8) is 0 Å². The van der Waals surface area contributed by atoms with E-state index in [9.17, 15) is 14.7 Å². The van der Waals surface area contributed by atoms with E-state index in [4.69, 9.17) is 0 Å². The van der Waals surface area contributed by atoms with Gasteiger partial charge in [-0.15, -0.1) is 11.3 Å². The summed E-state index contributed by atoms with van der Waals surface area (Å²) in [6.45, 7) is 0. The van der Waals surface area contributed by atoms with Gasteiger partial charge >= 0.3 is 5.97 Å². The van der Waals surface area contributed by atoms with E-state index in [1.807, 2.05) is 18.2 Å². The van der Waals surface area contributed by atoms with Crippen molar-refractivity contribution >= 4 is 45.2 Å². The van der Waals surface area contributed by atoms with Gasteiger partial charge < -0.3 is 10.4 Å². The zero-order valence-electron chi connectivity index (χ0n) is 13.3. The summed E-state index contributed by atoms with van der Waals surface area (Å²) in [5, 5.41) is 13.2. The Hall–Kier alpha value is -1.60. The van der Waals surface area contributed by atoms with Gasteiger partial charge in [0, 0.05) is 12.2 Å². The minimum Gasteiger partial charge on any atom is -0.479 e. The maximum atomic E-state index is 12.1. The van der Waals surface area contributed by atoms with Crippen molar-refractivity contribution in [2.24, 2.45) is 0 Å². The molecular formula is C17H20N2O3S2. The van der Waals surface area contributed by atoms with E-state index in [0.29, 0.717) is 18.6 Å². The van der Waals surface area contributed by atoms with Gasteiger partial charge in [-0.05, 0) is 43.6 Å². The number of thiazole rings is 1. The molecule has 0 aliphatic carbocycles. The van der Waals surface area contributed by atoms with Crippen LogP contribution in [0.5, 0.6) is 0 Å². The normalized spacial score (nSPS) is 20.3. The fourth-order valence-corrected chi connectivity index (χ4v) is 5.14. The van der Waals surface area contributed by atoms with Crippen molar-refractivity contribution in [3.8, 4) is 0 Å². The third-order valence-corrected chi connectivity index (χ3v) is 6.48. The molecular weight excluding hydrogens is 344 g/mol. The maximum absolute atomic E-state index is 12.1. The Morgan fingerprint density at radius 3 is 2.83 bits per heavy atom. The van der Waals surface area contributed by atoms with E-state index in [2.05, 4.69) is 16.4 Å². The van der Waals surface area contributed by atoms with Gasteiger partial charge in [-0.2, -0.15) is 11.8 Å². The van der Waals surface area contributed by atoms with Crippen molar-refractivity contribution in [1.82, 2.24) is 10.3 Å². The summed E-state index contributed by atoms with van der Waals surface area (Å²) in [7, 11) is 0. The van der Waals surface area contributed by atoms with Crippen LogP contribution in [0.25, 0.3) is 10.2 Å².